The molecule has 1 aromatic heterocycles. The van der Waals surface area contributed by atoms with Gasteiger partial charge in [-0.3, -0.25) is 10.1 Å². The molecule has 0 atom stereocenters. The number of pyridine rings is 1. The maximum absolute atomic E-state index is 10.9. The van der Waals surface area contributed by atoms with E-state index in [0.29, 0.717) is 10.9 Å². The van der Waals surface area contributed by atoms with Crippen molar-refractivity contribution in [2.45, 2.75) is 18.9 Å². The maximum Gasteiger partial charge on any atom is 0.342 e. The van der Waals surface area contributed by atoms with E-state index in [4.69, 9.17) is 5.11 Å². The largest absolute Gasteiger partial charge is 0.477 e. The first-order chi connectivity index (χ1) is 7.91. The second-order valence-corrected chi connectivity index (χ2v) is 4.85. The summed E-state index contributed by atoms with van der Waals surface area (Å²) in [4.78, 5) is 24.6. The number of aromatic carboxylic acids is 1. The Kier molecular flexibility index (Phi) is 4.45. The van der Waals surface area contributed by atoms with Gasteiger partial charge in [0, 0.05) is 5.75 Å². The fraction of sp³-hybridized carbons (Fsp3) is 0.400. The Bertz CT molecular complexity index is 448. The lowest BCUT2D eigenvalue weighted by Crippen LogP contribution is -2.04. The lowest BCUT2D eigenvalue weighted by atomic mass is 10.2. The third-order valence-corrected chi connectivity index (χ3v) is 3.20. The second kappa shape index (κ2) is 5.62. The molecule has 1 N–H and O–H groups in total. The Labute approximate surface area is 102 Å². The molecule has 0 fully saturated rings. The molecule has 1 heterocycles. The molecule has 0 unspecified atom stereocenters. The quantitative estimate of drug-likeness (QED) is 0.494. The minimum atomic E-state index is -1.31. The van der Waals surface area contributed by atoms with E-state index in [1.54, 1.807) is 0 Å². The van der Waals surface area contributed by atoms with Gasteiger partial charge < -0.3 is 5.11 Å². The lowest BCUT2D eigenvalue weighted by molar-refractivity contribution is -0.385. The predicted molar refractivity (Wildman–Crippen MR) is 63.4 cm³/mol. The van der Waals surface area contributed by atoms with Crippen LogP contribution in [-0.4, -0.2) is 26.7 Å². The molecule has 0 bridgehead atoms. The smallest absolute Gasteiger partial charge is 0.342 e. The van der Waals surface area contributed by atoms with Crippen LogP contribution in [0, 0.1) is 16.0 Å². The standard InChI is InChI=1S/C10H12N2O4S/c1-6(2)5-17-9-3-7(10(13)14)8(4-11-9)12(15)16/h3-4,6H,5H2,1-2H3,(H,13,14). The van der Waals surface area contributed by atoms with Crippen molar-refractivity contribution in [2.75, 3.05) is 5.75 Å². The van der Waals surface area contributed by atoms with Crippen molar-refractivity contribution in [2.24, 2.45) is 5.92 Å². The molecule has 17 heavy (non-hydrogen) atoms. The first-order valence-electron chi connectivity index (χ1n) is 4.92. The SMILES string of the molecule is CC(C)CSc1cc(C(=O)O)c([N+](=O)[O-])cn1. The van der Waals surface area contributed by atoms with Gasteiger partial charge in [0.2, 0.25) is 0 Å². The lowest BCUT2D eigenvalue weighted by Gasteiger charge is -2.04. The Hall–Kier alpha value is -1.63. The number of aromatic nitrogens is 1. The first-order valence-corrected chi connectivity index (χ1v) is 5.91. The molecule has 1 aromatic rings. The van der Waals surface area contributed by atoms with Gasteiger partial charge in [0.1, 0.15) is 11.8 Å². The molecule has 0 spiro atoms. The van der Waals surface area contributed by atoms with Crippen LogP contribution in [0.3, 0.4) is 0 Å². The first kappa shape index (κ1) is 13.4. The van der Waals surface area contributed by atoms with E-state index in [0.717, 1.165) is 11.9 Å². The van der Waals surface area contributed by atoms with E-state index in [2.05, 4.69) is 4.98 Å². The van der Waals surface area contributed by atoms with Crippen LogP contribution in [0.5, 0.6) is 0 Å². The van der Waals surface area contributed by atoms with E-state index in [-0.39, 0.29) is 5.56 Å². The minimum Gasteiger partial charge on any atom is -0.477 e. The molecule has 0 aromatic carbocycles. The van der Waals surface area contributed by atoms with Crippen LogP contribution in [0.25, 0.3) is 0 Å². The zero-order valence-electron chi connectivity index (χ0n) is 9.41. The van der Waals surface area contributed by atoms with Gasteiger partial charge in [0.25, 0.3) is 0 Å². The number of rotatable bonds is 5. The molecule has 1 rings (SSSR count). The zero-order valence-corrected chi connectivity index (χ0v) is 10.2. The molecule has 6 nitrogen and oxygen atoms in total. The summed E-state index contributed by atoms with van der Waals surface area (Å²) in [6, 6.07) is 1.24. The van der Waals surface area contributed by atoms with Gasteiger partial charge in [0.05, 0.1) is 9.95 Å². The Balaban J connectivity index is 3.02. The van der Waals surface area contributed by atoms with Gasteiger partial charge in [-0.15, -0.1) is 11.8 Å². The fourth-order valence-electron chi connectivity index (χ4n) is 1.08. The third-order valence-electron chi connectivity index (χ3n) is 1.85. The molecule has 0 saturated heterocycles. The highest BCUT2D eigenvalue weighted by Crippen LogP contribution is 2.24. The minimum absolute atomic E-state index is 0.323. The second-order valence-electron chi connectivity index (χ2n) is 3.81. The summed E-state index contributed by atoms with van der Waals surface area (Å²) < 4.78 is 0. The number of hydrogen-bond donors (Lipinski definition) is 1. The fourth-order valence-corrected chi connectivity index (χ4v) is 1.91. The van der Waals surface area contributed by atoms with E-state index in [1.165, 1.54) is 17.8 Å². The Morgan fingerprint density at radius 3 is 2.76 bits per heavy atom. The Morgan fingerprint density at radius 1 is 1.65 bits per heavy atom. The predicted octanol–water partition coefficient (Wildman–Crippen LogP) is 2.44. The molecule has 92 valence electrons. The topological polar surface area (TPSA) is 93.3 Å². The van der Waals surface area contributed by atoms with Gasteiger partial charge >= 0.3 is 11.7 Å². The van der Waals surface area contributed by atoms with Crippen LogP contribution in [0.15, 0.2) is 17.3 Å². The molecular weight excluding hydrogens is 244 g/mol. The number of carboxylic acids is 1. The molecule has 7 heteroatoms. The van der Waals surface area contributed by atoms with Crippen molar-refractivity contribution in [3.05, 3.63) is 27.9 Å². The molecule has 0 aliphatic heterocycles. The highest BCUT2D eigenvalue weighted by atomic mass is 32.2. The summed E-state index contributed by atoms with van der Waals surface area (Å²) in [5.74, 6) is -0.0973. The summed E-state index contributed by atoms with van der Waals surface area (Å²) in [6.07, 6.45) is 0.992. The normalized spacial score (nSPS) is 10.5. The molecule has 0 amide bonds. The van der Waals surface area contributed by atoms with Crippen molar-refractivity contribution >= 4 is 23.4 Å². The number of thioether (sulfide) groups is 1. The highest BCUT2D eigenvalue weighted by Gasteiger charge is 2.21. The average Bonchev–Trinajstić information content (AvgIpc) is 2.25. The van der Waals surface area contributed by atoms with Gasteiger partial charge in [0.15, 0.2) is 0 Å². The summed E-state index contributed by atoms with van der Waals surface area (Å²) in [7, 11) is 0. The van der Waals surface area contributed by atoms with E-state index in [9.17, 15) is 14.9 Å². The van der Waals surface area contributed by atoms with E-state index in [1.807, 2.05) is 13.8 Å². The van der Waals surface area contributed by atoms with Crippen LogP contribution in [0.4, 0.5) is 5.69 Å². The van der Waals surface area contributed by atoms with Crippen LogP contribution in [-0.2, 0) is 0 Å². The highest BCUT2D eigenvalue weighted by molar-refractivity contribution is 7.99. The van der Waals surface area contributed by atoms with Gasteiger partial charge in [-0.2, -0.15) is 0 Å². The number of nitro groups is 1. The van der Waals surface area contributed by atoms with Crippen molar-refractivity contribution in [3.63, 3.8) is 0 Å². The summed E-state index contributed by atoms with van der Waals surface area (Å²) >= 11 is 1.38. The third kappa shape index (κ3) is 3.70. The van der Waals surface area contributed by atoms with Crippen LogP contribution < -0.4 is 0 Å². The summed E-state index contributed by atoms with van der Waals surface area (Å²) in [5, 5.41) is 20.0. The monoisotopic (exact) mass is 256 g/mol. The van der Waals surface area contributed by atoms with E-state index < -0.39 is 16.6 Å². The van der Waals surface area contributed by atoms with Crippen molar-refractivity contribution in [1.29, 1.82) is 0 Å². The molecular formula is C10H12N2O4S. The number of hydrogen-bond acceptors (Lipinski definition) is 5. The Morgan fingerprint density at radius 2 is 2.29 bits per heavy atom. The van der Waals surface area contributed by atoms with Crippen LogP contribution in [0.2, 0.25) is 0 Å². The summed E-state index contributed by atoms with van der Waals surface area (Å²) in [5.41, 5.74) is -0.803. The molecule has 0 saturated carbocycles. The number of carboxylic acid groups (broad SMARTS) is 1. The van der Waals surface area contributed by atoms with Crippen LogP contribution >= 0.6 is 11.8 Å². The molecule has 0 aliphatic carbocycles. The van der Waals surface area contributed by atoms with Gasteiger partial charge in [-0.1, -0.05) is 13.8 Å². The molecule has 0 radical (unpaired) electrons. The average molecular weight is 256 g/mol. The summed E-state index contributed by atoms with van der Waals surface area (Å²) in [6.45, 7) is 4.05. The number of carbonyl (C=O) groups is 1. The van der Waals surface area contributed by atoms with Gasteiger partial charge in [-0.05, 0) is 12.0 Å². The maximum atomic E-state index is 10.9. The zero-order chi connectivity index (χ0) is 13.0. The van der Waals surface area contributed by atoms with Gasteiger partial charge in [-0.25, -0.2) is 9.78 Å². The van der Waals surface area contributed by atoms with Crippen molar-refractivity contribution in [3.8, 4) is 0 Å². The molecule has 0 aliphatic rings. The van der Waals surface area contributed by atoms with Crippen molar-refractivity contribution in [1.82, 2.24) is 4.98 Å². The number of nitrogens with zero attached hydrogens (tertiary/aromatic N) is 2. The van der Waals surface area contributed by atoms with Crippen LogP contribution in [0.1, 0.15) is 24.2 Å². The van der Waals surface area contributed by atoms with E-state index >= 15 is 0 Å². The van der Waals surface area contributed by atoms with Crippen molar-refractivity contribution < 1.29 is 14.8 Å².